The van der Waals surface area contributed by atoms with E-state index in [0.717, 1.165) is 0 Å². The van der Waals surface area contributed by atoms with Crippen LogP contribution in [-0.2, 0) is 0 Å². The summed E-state index contributed by atoms with van der Waals surface area (Å²) in [5, 5.41) is 1.73. The summed E-state index contributed by atoms with van der Waals surface area (Å²) in [5.74, 6) is -0.606. The second kappa shape index (κ2) is 6.21. The molecule has 0 aliphatic heterocycles. The molecule has 21 heavy (non-hydrogen) atoms. The molecule has 0 unspecified atom stereocenters. The van der Waals surface area contributed by atoms with Crippen LogP contribution >= 0.6 is 0 Å². The lowest BCUT2D eigenvalue weighted by Crippen LogP contribution is -2.34. The van der Waals surface area contributed by atoms with Gasteiger partial charge < -0.3 is 10.1 Å². The Labute approximate surface area is 117 Å². The molecule has 0 saturated heterocycles. The van der Waals surface area contributed by atoms with Crippen LogP contribution in [0.5, 0.6) is 11.8 Å². The van der Waals surface area contributed by atoms with Gasteiger partial charge >= 0.3 is 6.18 Å². The van der Waals surface area contributed by atoms with E-state index in [1.807, 2.05) is 0 Å². The van der Waals surface area contributed by atoms with Gasteiger partial charge in [0, 0.05) is 18.3 Å². The first-order chi connectivity index (χ1) is 9.94. The number of hydrogen-bond acceptors (Lipinski definition) is 4. The predicted octanol–water partition coefficient (Wildman–Crippen LogP) is 2.56. The van der Waals surface area contributed by atoms with Gasteiger partial charge in [0.15, 0.2) is 0 Å². The summed E-state index contributed by atoms with van der Waals surface area (Å²) in [6.45, 7) is -1.42. The van der Waals surface area contributed by atoms with Gasteiger partial charge in [0.1, 0.15) is 12.2 Å². The van der Waals surface area contributed by atoms with Crippen LogP contribution in [0.4, 0.5) is 13.2 Å². The molecule has 2 aromatic rings. The van der Waals surface area contributed by atoms with Crippen LogP contribution in [0.1, 0.15) is 10.5 Å². The number of carbonyl (C=O) groups excluding carboxylic acids is 1. The first-order valence-corrected chi connectivity index (χ1v) is 5.85. The smallest absolute Gasteiger partial charge is 0.405 e. The van der Waals surface area contributed by atoms with Crippen LogP contribution in [-0.4, -0.2) is 28.6 Å². The molecule has 0 bridgehead atoms. The lowest BCUT2D eigenvalue weighted by atomic mass is 10.3. The van der Waals surface area contributed by atoms with Crippen molar-refractivity contribution >= 4 is 5.91 Å². The summed E-state index contributed by atoms with van der Waals surface area (Å²) in [4.78, 5) is 19.3. The Morgan fingerprint density at radius 1 is 1.14 bits per heavy atom. The van der Waals surface area contributed by atoms with Crippen molar-refractivity contribution in [3.63, 3.8) is 0 Å². The number of pyridine rings is 2. The lowest BCUT2D eigenvalue weighted by molar-refractivity contribution is -0.123. The van der Waals surface area contributed by atoms with E-state index >= 15 is 0 Å². The standard InChI is InChI=1S/C13H10F3N3O2/c14-13(15,16)8-18-12(20)9-4-3-6-11(19-9)21-10-5-1-2-7-17-10/h1-7H,8H2,(H,18,20). The molecule has 8 heteroatoms. The van der Waals surface area contributed by atoms with Crippen molar-refractivity contribution in [2.75, 3.05) is 6.54 Å². The highest BCUT2D eigenvalue weighted by atomic mass is 19.4. The molecule has 0 aliphatic carbocycles. The molecule has 0 aromatic carbocycles. The molecular formula is C13H10F3N3O2. The zero-order valence-electron chi connectivity index (χ0n) is 10.6. The Morgan fingerprint density at radius 3 is 2.57 bits per heavy atom. The highest BCUT2D eigenvalue weighted by molar-refractivity contribution is 5.92. The number of ether oxygens (including phenoxy) is 1. The molecule has 2 aromatic heterocycles. The fourth-order valence-electron chi connectivity index (χ4n) is 1.38. The summed E-state index contributed by atoms with van der Waals surface area (Å²) in [7, 11) is 0. The summed E-state index contributed by atoms with van der Waals surface area (Å²) >= 11 is 0. The van der Waals surface area contributed by atoms with Gasteiger partial charge in [0.2, 0.25) is 11.8 Å². The van der Waals surface area contributed by atoms with E-state index in [1.165, 1.54) is 24.4 Å². The Kier molecular flexibility index (Phi) is 4.36. The van der Waals surface area contributed by atoms with Crippen LogP contribution in [0.25, 0.3) is 0 Å². The van der Waals surface area contributed by atoms with Gasteiger partial charge in [-0.25, -0.2) is 9.97 Å². The van der Waals surface area contributed by atoms with Gasteiger partial charge in [-0.15, -0.1) is 0 Å². The third kappa shape index (κ3) is 4.75. The van der Waals surface area contributed by atoms with E-state index in [2.05, 4.69) is 9.97 Å². The van der Waals surface area contributed by atoms with E-state index in [-0.39, 0.29) is 17.5 Å². The van der Waals surface area contributed by atoms with Crippen LogP contribution in [0.2, 0.25) is 0 Å². The maximum Gasteiger partial charge on any atom is 0.405 e. The van der Waals surface area contributed by atoms with Crippen molar-refractivity contribution in [1.82, 2.24) is 15.3 Å². The minimum absolute atomic E-state index is 0.0633. The maximum absolute atomic E-state index is 12.0. The molecular weight excluding hydrogens is 287 g/mol. The molecule has 1 amide bonds. The Morgan fingerprint density at radius 2 is 1.90 bits per heavy atom. The minimum atomic E-state index is -4.47. The van der Waals surface area contributed by atoms with Crippen molar-refractivity contribution in [2.45, 2.75) is 6.18 Å². The third-order valence-corrected chi connectivity index (χ3v) is 2.25. The van der Waals surface area contributed by atoms with E-state index in [1.54, 1.807) is 23.5 Å². The van der Waals surface area contributed by atoms with Crippen molar-refractivity contribution in [2.24, 2.45) is 0 Å². The summed E-state index contributed by atoms with van der Waals surface area (Å²) in [5.41, 5.74) is -0.173. The Balaban J connectivity index is 2.05. The van der Waals surface area contributed by atoms with Gasteiger partial charge in [-0.05, 0) is 12.1 Å². The van der Waals surface area contributed by atoms with Crippen molar-refractivity contribution < 1.29 is 22.7 Å². The molecule has 2 rings (SSSR count). The monoisotopic (exact) mass is 297 g/mol. The van der Waals surface area contributed by atoms with Gasteiger partial charge in [-0.1, -0.05) is 12.1 Å². The molecule has 0 spiro atoms. The molecule has 0 saturated carbocycles. The largest absolute Gasteiger partial charge is 0.421 e. The van der Waals surface area contributed by atoms with Gasteiger partial charge in [-0.2, -0.15) is 13.2 Å². The van der Waals surface area contributed by atoms with Crippen molar-refractivity contribution in [1.29, 1.82) is 0 Å². The maximum atomic E-state index is 12.0. The molecule has 5 nitrogen and oxygen atoms in total. The number of nitrogens with one attached hydrogen (secondary N) is 1. The zero-order valence-corrected chi connectivity index (χ0v) is 10.6. The topological polar surface area (TPSA) is 64.1 Å². The van der Waals surface area contributed by atoms with Crippen molar-refractivity contribution in [3.8, 4) is 11.8 Å². The highest BCUT2D eigenvalue weighted by Crippen LogP contribution is 2.17. The highest BCUT2D eigenvalue weighted by Gasteiger charge is 2.28. The first-order valence-electron chi connectivity index (χ1n) is 5.85. The molecule has 0 fully saturated rings. The number of halogens is 3. The number of rotatable bonds is 4. The van der Waals surface area contributed by atoms with Gasteiger partial charge in [-0.3, -0.25) is 4.79 Å². The fraction of sp³-hybridized carbons (Fsp3) is 0.154. The summed E-state index contributed by atoms with van der Waals surface area (Å²) < 4.78 is 41.4. The van der Waals surface area contributed by atoms with Gasteiger partial charge in [0.25, 0.3) is 5.91 Å². The van der Waals surface area contributed by atoms with Crippen LogP contribution < -0.4 is 10.1 Å². The molecule has 2 heterocycles. The van der Waals surface area contributed by atoms with Crippen molar-refractivity contribution in [3.05, 3.63) is 48.3 Å². The summed E-state index contributed by atoms with van der Waals surface area (Å²) in [6, 6.07) is 9.18. The minimum Gasteiger partial charge on any atom is -0.421 e. The molecule has 0 atom stereocenters. The van der Waals surface area contributed by atoms with E-state index < -0.39 is 18.6 Å². The van der Waals surface area contributed by atoms with Crippen LogP contribution in [0, 0.1) is 0 Å². The quantitative estimate of drug-likeness (QED) is 0.942. The number of hydrogen-bond donors (Lipinski definition) is 1. The number of aromatic nitrogens is 2. The molecule has 0 radical (unpaired) electrons. The average Bonchev–Trinajstić information content (AvgIpc) is 2.45. The van der Waals surface area contributed by atoms with Crippen LogP contribution in [0.3, 0.4) is 0 Å². The molecule has 0 aliphatic rings. The normalized spacial score (nSPS) is 11.0. The van der Waals surface area contributed by atoms with Gasteiger partial charge in [0.05, 0.1) is 0 Å². The number of alkyl halides is 3. The second-order valence-corrected chi connectivity index (χ2v) is 3.93. The average molecular weight is 297 g/mol. The number of carbonyl (C=O) groups is 1. The second-order valence-electron chi connectivity index (χ2n) is 3.93. The molecule has 110 valence electrons. The summed E-state index contributed by atoms with van der Waals surface area (Å²) in [6.07, 6.45) is -2.97. The predicted molar refractivity (Wildman–Crippen MR) is 66.9 cm³/mol. The van der Waals surface area contributed by atoms with Crippen LogP contribution in [0.15, 0.2) is 42.6 Å². The van der Waals surface area contributed by atoms with E-state index in [4.69, 9.17) is 4.74 Å². The Hall–Kier alpha value is -2.64. The number of nitrogens with zero attached hydrogens (tertiary/aromatic N) is 2. The van der Waals surface area contributed by atoms with E-state index in [0.29, 0.717) is 0 Å². The SMILES string of the molecule is O=C(NCC(F)(F)F)c1cccc(Oc2ccccn2)n1. The third-order valence-electron chi connectivity index (χ3n) is 2.25. The molecule has 1 N–H and O–H groups in total. The Bertz CT molecular complexity index is 618. The fourth-order valence-corrected chi connectivity index (χ4v) is 1.38. The zero-order chi connectivity index (χ0) is 15.3. The number of amides is 1. The lowest BCUT2D eigenvalue weighted by Gasteiger charge is -2.08. The first kappa shape index (κ1) is 14.8. The van der Waals surface area contributed by atoms with E-state index in [9.17, 15) is 18.0 Å².